The Morgan fingerprint density at radius 1 is 1.17 bits per heavy atom. The Morgan fingerprint density at radius 3 is 2.67 bits per heavy atom. The van der Waals surface area contributed by atoms with Gasteiger partial charge in [-0.2, -0.15) is 0 Å². The van der Waals surface area contributed by atoms with Gasteiger partial charge in [-0.15, -0.1) is 0 Å². The maximum absolute atomic E-state index is 12.7. The first kappa shape index (κ1) is 16.0. The van der Waals surface area contributed by atoms with Gasteiger partial charge < -0.3 is 19.5 Å². The molecule has 126 valence electrons. The van der Waals surface area contributed by atoms with Gasteiger partial charge in [-0.05, 0) is 31.2 Å². The summed E-state index contributed by atoms with van der Waals surface area (Å²) in [5, 5.41) is 2.89. The highest BCUT2D eigenvalue weighted by Crippen LogP contribution is 2.34. The van der Waals surface area contributed by atoms with Gasteiger partial charge in [0.15, 0.2) is 11.5 Å². The lowest BCUT2D eigenvalue weighted by Crippen LogP contribution is -2.44. The molecule has 0 unspecified atom stereocenters. The Bertz CT molecular complexity index is 748. The van der Waals surface area contributed by atoms with Crippen LogP contribution in [0.4, 0.5) is 16.2 Å². The summed E-state index contributed by atoms with van der Waals surface area (Å²) in [4.78, 5) is 14.4. The highest BCUT2D eigenvalue weighted by Gasteiger charge is 2.27. The molecule has 1 aliphatic rings. The van der Waals surface area contributed by atoms with Gasteiger partial charge in [-0.1, -0.05) is 12.1 Å². The normalized spacial score (nSPS) is 16.0. The van der Waals surface area contributed by atoms with Crippen LogP contribution in [0, 0.1) is 0 Å². The Morgan fingerprint density at radius 2 is 1.92 bits per heavy atom. The quantitative estimate of drug-likeness (QED) is 0.936. The minimum atomic E-state index is -0.218. The predicted molar refractivity (Wildman–Crippen MR) is 92.4 cm³/mol. The van der Waals surface area contributed by atoms with Gasteiger partial charge >= 0.3 is 6.03 Å². The summed E-state index contributed by atoms with van der Waals surface area (Å²) in [6, 6.07) is 12.5. The molecule has 0 saturated carbocycles. The highest BCUT2D eigenvalue weighted by molar-refractivity contribution is 6.03. The van der Waals surface area contributed by atoms with E-state index in [9.17, 15) is 4.79 Å². The molecule has 3 rings (SSSR count). The molecular formula is C18H20N2O4. The lowest BCUT2D eigenvalue weighted by Gasteiger charge is -2.33. The van der Waals surface area contributed by atoms with Crippen LogP contribution in [0.1, 0.15) is 6.92 Å². The smallest absolute Gasteiger partial charge is 0.326 e. The number of fused-ring (bicyclic) bond motifs is 1. The molecule has 1 N–H and O–H groups in total. The van der Waals surface area contributed by atoms with Crippen molar-refractivity contribution >= 4 is 17.4 Å². The topological polar surface area (TPSA) is 60.0 Å². The van der Waals surface area contributed by atoms with Crippen molar-refractivity contribution in [2.75, 3.05) is 31.0 Å². The van der Waals surface area contributed by atoms with E-state index in [4.69, 9.17) is 14.2 Å². The number of benzene rings is 2. The number of methoxy groups -OCH3 is 2. The van der Waals surface area contributed by atoms with Gasteiger partial charge in [-0.25, -0.2) is 4.79 Å². The second-order valence-electron chi connectivity index (χ2n) is 5.51. The molecule has 6 nitrogen and oxygen atoms in total. The molecule has 2 aromatic rings. The molecule has 0 aliphatic carbocycles. The van der Waals surface area contributed by atoms with E-state index < -0.39 is 0 Å². The second-order valence-corrected chi connectivity index (χ2v) is 5.51. The van der Waals surface area contributed by atoms with Crippen molar-refractivity contribution in [3.05, 3.63) is 42.5 Å². The van der Waals surface area contributed by atoms with E-state index in [0.717, 1.165) is 5.69 Å². The summed E-state index contributed by atoms with van der Waals surface area (Å²) < 4.78 is 16.2. The van der Waals surface area contributed by atoms with Crippen molar-refractivity contribution in [3.8, 4) is 17.2 Å². The number of anilines is 2. The van der Waals surface area contributed by atoms with Gasteiger partial charge in [0.25, 0.3) is 0 Å². The summed E-state index contributed by atoms with van der Waals surface area (Å²) in [7, 11) is 3.13. The van der Waals surface area contributed by atoms with E-state index >= 15 is 0 Å². The van der Waals surface area contributed by atoms with Crippen LogP contribution in [-0.2, 0) is 0 Å². The zero-order valence-electron chi connectivity index (χ0n) is 13.9. The third kappa shape index (κ3) is 3.08. The molecule has 0 aromatic heterocycles. The van der Waals surface area contributed by atoms with Crippen LogP contribution >= 0.6 is 0 Å². The minimum absolute atomic E-state index is 0.0731. The summed E-state index contributed by atoms with van der Waals surface area (Å²) >= 11 is 0. The number of hydrogen-bond acceptors (Lipinski definition) is 4. The van der Waals surface area contributed by atoms with Crippen molar-refractivity contribution in [2.45, 2.75) is 13.0 Å². The number of ether oxygens (including phenoxy) is 3. The molecule has 0 radical (unpaired) electrons. The molecule has 1 atom stereocenters. The van der Waals surface area contributed by atoms with E-state index in [2.05, 4.69) is 5.32 Å². The van der Waals surface area contributed by atoms with E-state index in [-0.39, 0.29) is 12.1 Å². The van der Waals surface area contributed by atoms with Gasteiger partial charge in [0.05, 0.1) is 26.5 Å². The van der Waals surface area contributed by atoms with Crippen LogP contribution in [-0.4, -0.2) is 32.9 Å². The molecule has 0 spiro atoms. The van der Waals surface area contributed by atoms with Crippen LogP contribution < -0.4 is 24.4 Å². The molecule has 0 fully saturated rings. The lowest BCUT2D eigenvalue weighted by atomic mass is 10.2. The molecule has 0 saturated heterocycles. The molecule has 2 aromatic carbocycles. The fourth-order valence-electron chi connectivity index (χ4n) is 2.69. The van der Waals surface area contributed by atoms with Gasteiger partial charge in [0.2, 0.25) is 0 Å². The predicted octanol–water partition coefficient (Wildman–Crippen LogP) is 3.52. The van der Waals surface area contributed by atoms with Crippen molar-refractivity contribution in [1.29, 1.82) is 0 Å². The Labute approximate surface area is 140 Å². The number of nitrogens with one attached hydrogen (secondary N) is 1. The number of urea groups is 1. The van der Waals surface area contributed by atoms with Crippen LogP contribution in [0.5, 0.6) is 17.2 Å². The molecule has 2 amide bonds. The first-order valence-electron chi connectivity index (χ1n) is 7.68. The Hall–Kier alpha value is -2.89. The first-order valence-corrected chi connectivity index (χ1v) is 7.68. The standard InChI is InChI=1S/C18H20N2O4/c1-12-11-20(14-6-4-5-7-15(14)24-12)18(21)19-13-8-9-16(22-2)17(10-13)23-3/h4-10,12H,11H2,1-3H3,(H,19,21)/t12-/m1/s1. The Balaban J connectivity index is 1.83. The monoisotopic (exact) mass is 328 g/mol. The highest BCUT2D eigenvalue weighted by atomic mass is 16.5. The largest absolute Gasteiger partial charge is 0.493 e. The average Bonchev–Trinajstić information content (AvgIpc) is 2.60. The molecule has 24 heavy (non-hydrogen) atoms. The van der Waals surface area contributed by atoms with Crippen molar-refractivity contribution < 1.29 is 19.0 Å². The van der Waals surface area contributed by atoms with Crippen molar-refractivity contribution in [2.24, 2.45) is 0 Å². The van der Waals surface area contributed by atoms with E-state index in [1.54, 1.807) is 37.3 Å². The fraction of sp³-hybridized carbons (Fsp3) is 0.278. The molecule has 0 bridgehead atoms. The zero-order chi connectivity index (χ0) is 17.1. The number of para-hydroxylation sites is 2. The molecular weight excluding hydrogens is 308 g/mol. The van der Waals surface area contributed by atoms with Gasteiger partial charge in [0.1, 0.15) is 11.9 Å². The van der Waals surface area contributed by atoms with Crippen LogP contribution in [0.25, 0.3) is 0 Å². The number of hydrogen-bond donors (Lipinski definition) is 1. The van der Waals surface area contributed by atoms with Gasteiger partial charge in [0, 0.05) is 11.8 Å². The van der Waals surface area contributed by atoms with Crippen LogP contribution in [0.15, 0.2) is 42.5 Å². The maximum Gasteiger partial charge on any atom is 0.326 e. The number of rotatable bonds is 3. The lowest BCUT2D eigenvalue weighted by molar-refractivity contribution is 0.208. The van der Waals surface area contributed by atoms with Crippen LogP contribution in [0.3, 0.4) is 0 Å². The number of amides is 2. The zero-order valence-corrected chi connectivity index (χ0v) is 13.9. The van der Waals surface area contributed by atoms with E-state index in [1.807, 2.05) is 31.2 Å². The third-order valence-electron chi connectivity index (χ3n) is 3.80. The van der Waals surface area contributed by atoms with E-state index in [1.165, 1.54) is 0 Å². The average molecular weight is 328 g/mol. The second kappa shape index (κ2) is 6.70. The summed E-state index contributed by atoms with van der Waals surface area (Å²) in [6.45, 7) is 2.42. The molecule has 1 heterocycles. The maximum atomic E-state index is 12.7. The number of carbonyl (C=O) groups is 1. The molecule has 6 heteroatoms. The Kier molecular flexibility index (Phi) is 4.46. The number of nitrogens with zero attached hydrogens (tertiary/aromatic N) is 1. The number of carbonyl (C=O) groups excluding carboxylic acids is 1. The molecule has 1 aliphatic heterocycles. The van der Waals surface area contributed by atoms with Crippen molar-refractivity contribution in [1.82, 2.24) is 0 Å². The van der Waals surface area contributed by atoms with Crippen LogP contribution in [0.2, 0.25) is 0 Å². The summed E-state index contributed by atoms with van der Waals surface area (Å²) in [6.07, 6.45) is -0.0731. The third-order valence-corrected chi connectivity index (χ3v) is 3.80. The van der Waals surface area contributed by atoms with Gasteiger partial charge in [-0.3, -0.25) is 4.90 Å². The SMILES string of the molecule is COc1ccc(NC(=O)N2C[C@@H](C)Oc3ccccc32)cc1OC. The van der Waals surface area contributed by atoms with Crippen molar-refractivity contribution in [3.63, 3.8) is 0 Å². The van der Waals surface area contributed by atoms with E-state index in [0.29, 0.717) is 29.5 Å². The summed E-state index contributed by atoms with van der Waals surface area (Å²) in [5.41, 5.74) is 1.39. The summed E-state index contributed by atoms with van der Waals surface area (Å²) in [5.74, 6) is 1.88. The minimum Gasteiger partial charge on any atom is -0.493 e. The fourth-order valence-corrected chi connectivity index (χ4v) is 2.69. The first-order chi connectivity index (χ1) is 11.6.